The Kier molecular flexibility index (Phi) is 4.80. The lowest BCUT2D eigenvalue weighted by Crippen LogP contribution is -2.30. The van der Waals surface area contributed by atoms with Gasteiger partial charge in [-0.2, -0.15) is 5.10 Å². The Hall–Kier alpha value is -1.37. The Morgan fingerprint density at radius 2 is 2.10 bits per heavy atom. The van der Waals surface area contributed by atoms with Crippen LogP contribution in [-0.2, 0) is 19.9 Å². The molecule has 0 aliphatic rings. The summed E-state index contributed by atoms with van der Waals surface area (Å²) in [5.41, 5.74) is 12.8. The van der Waals surface area contributed by atoms with Crippen LogP contribution in [0.3, 0.4) is 0 Å². The third-order valence-electron chi connectivity index (χ3n) is 3.47. The third kappa shape index (κ3) is 2.87. The number of nitrogens with two attached hydrogens (primary N) is 2. The molecule has 1 heterocycles. The molecule has 0 fully saturated rings. The summed E-state index contributed by atoms with van der Waals surface area (Å²) >= 11 is 3.63. The number of nitrogens with one attached hydrogen (secondary N) is 1. The zero-order valence-electron chi connectivity index (χ0n) is 11.7. The number of nitrogens with zero attached hydrogens (tertiary/aromatic N) is 2. The van der Waals surface area contributed by atoms with Gasteiger partial charge in [-0.15, -0.1) is 0 Å². The Morgan fingerprint density at radius 1 is 1.40 bits per heavy atom. The third-order valence-corrected chi connectivity index (χ3v) is 4.39. The van der Waals surface area contributed by atoms with E-state index in [1.807, 2.05) is 36.0 Å². The molecule has 1 aromatic carbocycles. The number of hydrogen-bond acceptors (Lipinski definition) is 4. The number of rotatable bonds is 5. The number of hydrogen-bond donors (Lipinski definition) is 3. The molecular formula is C14H20BrN5. The molecule has 1 aromatic heterocycles. The lowest BCUT2D eigenvalue weighted by molar-refractivity contribution is 0.530. The van der Waals surface area contributed by atoms with Crippen LogP contribution in [0.25, 0.3) is 0 Å². The van der Waals surface area contributed by atoms with Crippen LogP contribution in [-0.4, -0.2) is 9.78 Å². The highest BCUT2D eigenvalue weighted by Crippen LogP contribution is 2.28. The van der Waals surface area contributed by atoms with Crippen LogP contribution in [0.15, 0.2) is 28.7 Å². The second-order valence-corrected chi connectivity index (χ2v) is 5.53. The maximum atomic E-state index is 6.03. The second kappa shape index (κ2) is 6.39. The first-order valence-corrected chi connectivity index (χ1v) is 7.38. The van der Waals surface area contributed by atoms with Crippen molar-refractivity contribution in [2.45, 2.75) is 25.8 Å². The second-order valence-electron chi connectivity index (χ2n) is 4.74. The SMILES string of the molecule is CCc1nn(C)c(CC(NN)c2ccccc2N)c1Br. The Labute approximate surface area is 127 Å². The van der Waals surface area contributed by atoms with Crippen molar-refractivity contribution in [1.29, 1.82) is 0 Å². The molecule has 0 aliphatic heterocycles. The standard InChI is InChI=1S/C14H20BrN5/c1-3-11-14(15)13(20(2)19-11)8-12(18-17)9-6-4-5-7-10(9)16/h4-7,12,18H,3,8,16-17H2,1-2H3. The van der Waals surface area contributed by atoms with Gasteiger partial charge in [0.05, 0.1) is 21.9 Å². The zero-order chi connectivity index (χ0) is 14.7. The average Bonchev–Trinajstić information content (AvgIpc) is 2.72. The van der Waals surface area contributed by atoms with E-state index in [1.165, 1.54) is 0 Å². The van der Waals surface area contributed by atoms with E-state index in [2.05, 4.69) is 33.4 Å². The number of nitrogen functional groups attached to an aromatic ring is 1. The van der Waals surface area contributed by atoms with Gasteiger partial charge in [0, 0.05) is 19.2 Å². The van der Waals surface area contributed by atoms with Gasteiger partial charge in [0.15, 0.2) is 0 Å². The number of hydrazine groups is 1. The van der Waals surface area contributed by atoms with Crippen molar-refractivity contribution in [2.24, 2.45) is 12.9 Å². The van der Waals surface area contributed by atoms with E-state index in [1.54, 1.807) is 0 Å². The van der Waals surface area contributed by atoms with Gasteiger partial charge in [-0.1, -0.05) is 25.1 Å². The molecule has 0 aliphatic carbocycles. The fraction of sp³-hybridized carbons (Fsp3) is 0.357. The predicted octanol–water partition coefficient (Wildman–Crippen LogP) is 2.07. The van der Waals surface area contributed by atoms with Crippen LogP contribution >= 0.6 is 15.9 Å². The molecule has 108 valence electrons. The number of halogens is 1. The highest BCUT2D eigenvalue weighted by molar-refractivity contribution is 9.10. The Morgan fingerprint density at radius 3 is 2.65 bits per heavy atom. The minimum absolute atomic E-state index is 0.0485. The van der Waals surface area contributed by atoms with E-state index < -0.39 is 0 Å². The number of aromatic nitrogens is 2. The monoisotopic (exact) mass is 337 g/mol. The normalized spacial score (nSPS) is 12.6. The van der Waals surface area contributed by atoms with Crippen LogP contribution in [0.2, 0.25) is 0 Å². The smallest absolute Gasteiger partial charge is 0.0766 e. The molecule has 6 heteroatoms. The minimum atomic E-state index is -0.0485. The molecule has 1 atom stereocenters. The van der Waals surface area contributed by atoms with Crippen LogP contribution in [0.5, 0.6) is 0 Å². The molecule has 2 aromatic rings. The van der Waals surface area contributed by atoms with E-state index in [9.17, 15) is 0 Å². The summed E-state index contributed by atoms with van der Waals surface area (Å²) in [5.74, 6) is 5.71. The van der Waals surface area contributed by atoms with Crippen LogP contribution in [0.4, 0.5) is 5.69 Å². The van der Waals surface area contributed by atoms with E-state index in [0.29, 0.717) is 0 Å². The summed E-state index contributed by atoms with van der Waals surface area (Å²) in [6.45, 7) is 2.09. The molecule has 5 nitrogen and oxygen atoms in total. The van der Waals surface area contributed by atoms with Crippen molar-refractivity contribution in [3.8, 4) is 0 Å². The van der Waals surface area contributed by atoms with Crippen molar-refractivity contribution < 1.29 is 0 Å². The first-order valence-electron chi connectivity index (χ1n) is 6.59. The lowest BCUT2D eigenvalue weighted by Gasteiger charge is -2.18. The van der Waals surface area contributed by atoms with E-state index in [0.717, 1.165) is 40.0 Å². The number of anilines is 1. The number of benzene rings is 1. The van der Waals surface area contributed by atoms with Crippen molar-refractivity contribution in [2.75, 3.05) is 5.73 Å². The fourth-order valence-electron chi connectivity index (χ4n) is 2.32. The number of para-hydroxylation sites is 1. The quantitative estimate of drug-likeness (QED) is 0.443. The lowest BCUT2D eigenvalue weighted by atomic mass is 10.0. The summed E-state index contributed by atoms with van der Waals surface area (Å²) in [4.78, 5) is 0. The fourth-order valence-corrected chi connectivity index (χ4v) is 3.10. The zero-order valence-corrected chi connectivity index (χ0v) is 13.3. The molecule has 5 N–H and O–H groups in total. The van der Waals surface area contributed by atoms with Gasteiger partial charge in [-0.05, 0) is 34.0 Å². The van der Waals surface area contributed by atoms with Gasteiger partial charge in [0.1, 0.15) is 0 Å². The van der Waals surface area contributed by atoms with Gasteiger partial charge in [0.2, 0.25) is 0 Å². The molecule has 2 rings (SSSR count). The average molecular weight is 338 g/mol. The maximum Gasteiger partial charge on any atom is 0.0766 e. The Balaban J connectivity index is 2.32. The molecule has 0 spiro atoms. The first kappa shape index (κ1) is 15.0. The van der Waals surface area contributed by atoms with Gasteiger partial charge < -0.3 is 5.73 Å². The highest BCUT2D eigenvalue weighted by atomic mass is 79.9. The van der Waals surface area contributed by atoms with Crippen molar-refractivity contribution in [3.05, 3.63) is 45.7 Å². The van der Waals surface area contributed by atoms with Crippen molar-refractivity contribution in [1.82, 2.24) is 15.2 Å². The minimum Gasteiger partial charge on any atom is -0.398 e. The summed E-state index contributed by atoms with van der Waals surface area (Å²) < 4.78 is 2.95. The summed E-state index contributed by atoms with van der Waals surface area (Å²) in [6.07, 6.45) is 1.61. The van der Waals surface area contributed by atoms with Crippen LogP contribution in [0.1, 0.15) is 29.9 Å². The molecule has 1 unspecified atom stereocenters. The molecule has 0 radical (unpaired) electrons. The maximum absolute atomic E-state index is 6.03. The van der Waals surface area contributed by atoms with Gasteiger partial charge >= 0.3 is 0 Å². The summed E-state index contributed by atoms with van der Waals surface area (Å²) in [7, 11) is 1.95. The highest BCUT2D eigenvalue weighted by Gasteiger charge is 2.19. The molecule has 0 saturated carbocycles. The Bertz CT molecular complexity index is 593. The molecule has 20 heavy (non-hydrogen) atoms. The molecule has 0 saturated heterocycles. The topological polar surface area (TPSA) is 81.9 Å². The van der Waals surface area contributed by atoms with Gasteiger partial charge in [-0.25, -0.2) is 0 Å². The van der Waals surface area contributed by atoms with E-state index in [-0.39, 0.29) is 6.04 Å². The van der Waals surface area contributed by atoms with E-state index >= 15 is 0 Å². The predicted molar refractivity (Wildman–Crippen MR) is 84.9 cm³/mol. The molecule has 0 bridgehead atoms. The molecular weight excluding hydrogens is 318 g/mol. The van der Waals surface area contributed by atoms with Gasteiger partial charge in [0.25, 0.3) is 0 Å². The van der Waals surface area contributed by atoms with E-state index in [4.69, 9.17) is 11.6 Å². The first-order chi connectivity index (χ1) is 9.58. The largest absolute Gasteiger partial charge is 0.398 e. The summed E-state index contributed by atoms with van der Waals surface area (Å²) in [6, 6.07) is 7.71. The number of aryl methyl sites for hydroxylation is 2. The van der Waals surface area contributed by atoms with Crippen LogP contribution in [0, 0.1) is 0 Å². The molecule has 0 amide bonds. The summed E-state index contributed by atoms with van der Waals surface area (Å²) in [5, 5.41) is 4.50. The van der Waals surface area contributed by atoms with Crippen LogP contribution < -0.4 is 17.0 Å². The van der Waals surface area contributed by atoms with Crippen molar-refractivity contribution >= 4 is 21.6 Å². The van der Waals surface area contributed by atoms with Gasteiger partial charge in [-0.3, -0.25) is 16.0 Å². The van der Waals surface area contributed by atoms with Crippen molar-refractivity contribution in [3.63, 3.8) is 0 Å².